The topological polar surface area (TPSA) is 102 Å². The van der Waals surface area contributed by atoms with Gasteiger partial charge in [0.2, 0.25) is 0 Å². The minimum absolute atomic E-state index is 0.0443. The van der Waals surface area contributed by atoms with E-state index in [1.165, 1.54) is 19.2 Å². The van der Waals surface area contributed by atoms with Crippen molar-refractivity contribution >= 4 is 45.2 Å². The maximum atomic E-state index is 11.9. The first-order chi connectivity index (χ1) is 10.9. The number of amides is 1. The Morgan fingerprint density at radius 2 is 1.78 bits per heavy atom. The van der Waals surface area contributed by atoms with Crippen LogP contribution in [0.25, 0.3) is 0 Å². The average Bonchev–Trinajstić information content (AvgIpc) is 2.53. The van der Waals surface area contributed by atoms with Crippen molar-refractivity contribution in [2.45, 2.75) is 13.8 Å². The molecule has 1 aromatic rings. The van der Waals surface area contributed by atoms with Crippen molar-refractivity contribution in [1.82, 2.24) is 0 Å². The first-order valence-corrected chi connectivity index (χ1v) is 7.45. The van der Waals surface area contributed by atoms with Gasteiger partial charge in [-0.05, 0) is 47.1 Å². The first-order valence-electron chi connectivity index (χ1n) is 6.66. The summed E-state index contributed by atoms with van der Waals surface area (Å²) in [6.45, 7) is 3.42. The zero-order valence-electron chi connectivity index (χ0n) is 12.8. The molecule has 0 aliphatic heterocycles. The molecule has 0 aliphatic carbocycles. The van der Waals surface area contributed by atoms with Crippen molar-refractivity contribution in [3.05, 3.63) is 27.1 Å². The molecule has 0 atom stereocenters. The molecule has 0 bridgehead atoms. The van der Waals surface area contributed by atoms with Gasteiger partial charge in [-0.15, -0.1) is 4.91 Å². The Kier molecular flexibility index (Phi) is 6.83. The lowest BCUT2D eigenvalue weighted by Crippen LogP contribution is -2.34. The molecule has 23 heavy (non-hydrogen) atoms. The van der Waals surface area contributed by atoms with Crippen LogP contribution < -0.4 is 4.90 Å². The van der Waals surface area contributed by atoms with Crippen molar-refractivity contribution < 1.29 is 23.9 Å². The number of anilines is 1. The van der Waals surface area contributed by atoms with Gasteiger partial charge in [-0.3, -0.25) is 4.79 Å². The number of halogens is 1. The van der Waals surface area contributed by atoms with Gasteiger partial charge in [0.25, 0.3) is 0 Å². The zero-order chi connectivity index (χ0) is 17.6. The molecule has 0 aromatic heterocycles. The van der Waals surface area contributed by atoms with Gasteiger partial charge in [0, 0.05) is 11.5 Å². The van der Waals surface area contributed by atoms with Crippen molar-refractivity contribution in [2.24, 2.45) is 5.18 Å². The third-order valence-corrected chi connectivity index (χ3v) is 3.43. The smallest absolute Gasteiger partial charge is 0.397 e. The maximum absolute atomic E-state index is 11.9. The van der Waals surface area contributed by atoms with E-state index >= 15 is 0 Å². The van der Waals surface area contributed by atoms with Crippen molar-refractivity contribution in [2.75, 3.05) is 25.2 Å². The Balaban J connectivity index is 3.24. The number of benzene rings is 1. The Hall–Kier alpha value is -2.29. The molecule has 8 nitrogen and oxygen atoms in total. The summed E-state index contributed by atoms with van der Waals surface area (Å²) >= 11 is 3.17. The quantitative estimate of drug-likeness (QED) is 0.437. The summed E-state index contributed by atoms with van der Waals surface area (Å²) in [7, 11) is 1.29. The van der Waals surface area contributed by atoms with E-state index in [2.05, 4.69) is 25.8 Å². The molecule has 0 heterocycles. The number of ether oxygens (including phenoxy) is 2. The van der Waals surface area contributed by atoms with E-state index in [4.69, 9.17) is 4.74 Å². The molecule has 0 unspecified atom stereocenters. The van der Waals surface area contributed by atoms with E-state index in [1.807, 2.05) is 0 Å². The van der Waals surface area contributed by atoms with Gasteiger partial charge in [-0.1, -0.05) is 0 Å². The van der Waals surface area contributed by atoms with Crippen molar-refractivity contribution in [1.29, 1.82) is 0 Å². The van der Waals surface area contributed by atoms with E-state index in [0.29, 0.717) is 4.47 Å². The molecule has 0 fully saturated rings. The van der Waals surface area contributed by atoms with Crippen LogP contribution in [0.15, 0.2) is 21.8 Å². The summed E-state index contributed by atoms with van der Waals surface area (Å²) in [5.41, 5.74) is -0.0449. The molecule has 1 amide bonds. The molecular formula is C14H15BrN2O6. The minimum atomic E-state index is -1.06. The van der Waals surface area contributed by atoms with Gasteiger partial charge in [-0.2, -0.15) is 0 Å². The number of carbonyl (C=O) groups is 3. The van der Waals surface area contributed by atoms with Crippen LogP contribution in [0.3, 0.4) is 0 Å². The number of nitrogens with zero attached hydrogens (tertiary/aromatic N) is 2. The Bertz CT molecular complexity index is 646. The van der Waals surface area contributed by atoms with Crippen LogP contribution in [-0.2, 0) is 19.1 Å². The number of likely N-dealkylation sites (N-methyl/N-ethyl adjacent to an activating group) is 1. The predicted molar refractivity (Wildman–Crippen MR) is 85.6 cm³/mol. The molecule has 0 spiro atoms. The normalized spacial score (nSPS) is 9.91. The highest BCUT2D eigenvalue weighted by molar-refractivity contribution is 9.10. The monoisotopic (exact) mass is 386 g/mol. The summed E-state index contributed by atoms with van der Waals surface area (Å²) in [4.78, 5) is 47.2. The molecular weight excluding hydrogens is 372 g/mol. The van der Waals surface area contributed by atoms with E-state index in [-0.39, 0.29) is 30.2 Å². The van der Waals surface area contributed by atoms with Gasteiger partial charge in [0.1, 0.15) is 5.69 Å². The fourth-order valence-corrected chi connectivity index (χ4v) is 2.19. The molecule has 0 radical (unpaired) electrons. The zero-order valence-corrected chi connectivity index (χ0v) is 14.4. The largest absolute Gasteiger partial charge is 0.462 e. The van der Waals surface area contributed by atoms with Crippen molar-refractivity contribution in [3.63, 3.8) is 0 Å². The number of nitroso groups, excluding NO2 is 1. The van der Waals surface area contributed by atoms with Crippen molar-refractivity contribution in [3.8, 4) is 0 Å². The highest BCUT2D eigenvalue weighted by Crippen LogP contribution is 2.34. The predicted octanol–water partition coefficient (Wildman–Crippen LogP) is 2.55. The summed E-state index contributed by atoms with van der Waals surface area (Å²) < 4.78 is 9.77. The van der Waals surface area contributed by atoms with E-state index in [0.717, 1.165) is 4.90 Å². The third-order valence-electron chi connectivity index (χ3n) is 2.77. The summed E-state index contributed by atoms with van der Waals surface area (Å²) in [6, 6.07) is 2.51. The lowest BCUT2D eigenvalue weighted by atomic mass is 10.1. The number of carbonyl (C=O) groups excluding carboxylic acids is 3. The molecule has 0 saturated carbocycles. The average molecular weight is 387 g/mol. The number of rotatable bonds is 5. The fraction of sp³-hybridized carbons (Fsp3) is 0.357. The van der Waals surface area contributed by atoms with Gasteiger partial charge >= 0.3 is 17.8 Å². The molecule has 0 N–H and O–H groups in total. The molecule has 1 aromatic carbocycles. The van der Waals surface area contributed by atoms with Crippen LogP contribution >= 0.6 is 15.9 Å². The van der Waals surface area contributed by atoms with Gasteiger partial charge < -0.3 is 14.4 Å². The lowest BCUT2D eigenvalue weighted by Gasteiger charge is -2.18. The third kappa shape index (κ3) is 4.35. The van der Waals surface area contributed by atoms with Crippen LogP contribution in [0.4, 0.5) is 11.4 Å². The Morgan fingerprint density at radius 1 is 1.17 bits per heavy atom. The van der Waals surface area contributed by atoms with E-state index in [1.54, 1.807) is 13.8 Å². The second-order valence-corrected chi connectivity index (χ2v) is 5.07. The standard InChI is InChI=1S/C14H15BrN2O6/c1-4-22-13(19)8-6-10(16-21)11(7-9(8)15)17(3)12(18)14(20)23-5-2/h6-7H,4-5H2,1-3H3. The molecule has 9 heteroatoms. The minimum Gasteiger partial charge on any atom is -0.462 e. The molecule has 1 rings (SSSR count). The highest BCUT2D eigenvalue weighted by atomic mass is 79.9. The summed E-state index contributed by atoms with van der Waals surface area (Å²) in [5.74, 6) is -2.67. The highest BCUT2D eigenvalue weighted by Gasteiger charge is 2.25. The van der Waals surface area contributed by atoms with Gasteiger partial charge in [0.05, 0.1) is 24.5 Å². The second-order valence-electron chi connectivity index (χ2n) is 4.22. The Labute approximate surface area is 140 Å². The van der Waals surface area contributed by atoms with E-state index in [9.17, 15) is 19.3 Å². The van der Waals surface area contributed by atoms with Gasteiger partial charge in [-0.25, -0.2) is 9.59 Å². The van der Waals surface area contributed by atoms with Crippen LogP contribution in [0, 0.1) is 4.91 Å². The fourth-order valence-electron chi connectivity index (χ4n) is 1.70. The lowest BCUT2D eigenvalue weighted by molar-refractivity contribution is -0.153. The number of hydrogen-bond donors (Lipinski definition) is 0. The van der Waals surface area contributed by atoms with Crippen LogP contribution in [0.1, 0.15) is 24.2 Å². The molecule has 124 valence electrons. The first kappa shape index (κ1) is 18.8. The summed E-state index contributed by atoms with van der Waals surface area (Å²) in [5, 5.41) is 2.80. The van der Waals surface area contributed by atoms with Gasteiger partial charge in [0.15, 0.2) is 0 Å². The SMILES string of the molecule is CCOC(=O)C(=O)N(C)c1cc(Br)c(C(=O)OCC)cc1N=O. The molecule has 0 saturated heterocycles. The van der Waals surface area contributed by atoms with Crippen LogP contribution in [0.5, 0.6) is 0 Å². The van der Waals surface area contributed by atoms with Crippen LogP contribution in [0.2, 0.25) is 0 Å². The second kappa shape index (κ2) is 8.37. The maximum Gasteiger partial charge on any atom is 0.397 e. The molecule has 0 aliphatic rings. The number of hydrogen-bond acceptors (Lipinski definition) is 7. The number of esters is 2. The Morgan fingerprint density at radius 3 is 2.30 bits per heavy atom. The van der Waals surface area contributed by atoms with E-state index < -0.39 is 17.8 Å². The van der Waals surface area contributed by atoms with Crippen LogP contribution in [-0.4, -0.2) is 38.1 Å². The summed E-state index contributed by atoms with van der Waals surface area (Å²) in [6.07, 6.45) is 0.